The second kappa shape index (κ2) is 13.4. The minimum Gasteiger partial charge on any atom is -0.352 e. The van der Waals surface area contributed by atoms with Crippen molar-refractivity contribution in [3.05, 3.63) is 114 Å². The highest BCUT2D eigenvalue weighted by Gasteiger charge is 2.34. The average Bonchev–Trinajstić information content (AvgIpc) is 3.51. The summed E-state index contributed by atoms with van der Waals surface area (Å²) in [4.78, 5) is 29.9. The van der Waals surface area contributed by atoms with Crippen LogP contribution in [0.2, 0.25) is 0 Å². The molecule has 43 heavy (non-hydrogen) atoms. The lowest BCUT2D eigenvalue weighted by molar-refractivity contribution is -0.140. The fourth-order valence-corrected chi connectivity index (χ4v) is 6.69. The van der Waals surface area contributed by atoms with Crippen molar-refractivity contribution in [1.82, 2.24) is 10.2 Å². The molecule has 0 heterocycles. The van der Waals surface area contributed by atoms with Gasteiger partial charge in [0.2, 0.25) is 21.8 Å². The molecule has 4 aromatic carbocycles. The van der Waals surface area contributed by atoms with E-state index < -0.39 is 28.5 Å². The number of hydrogen-bond donors (Lipinski definition) is 1. The molecule has 2 amide bonds. The quantitative estimate of drug-likeness (QED) is 0.243. The number of aryl methyl sites for hydroxylation is 1. The standard InChI is InChI=1S/C35H39N3O4S/c1-26-19-21-28(22-20-26)24-37(33(23-27-11-4-3-5-12-27)35(40)36-30-15-7-8-16-30)34(39)25-38(43(2,41)42)32-18-10-14-29-13-6-9-17-31(29)32/h3-6,9-14,17-22,30,33H,7-8,15-16,23-25H2,1-2H3,(H,36,40)/t33-/m1/s1. The lowest BCUT2D eigenvalue weighted by atomic mass is 10.0. The minimum absolute atomic E-state index is 0.0744. The van der Waals surface area contributed by atoms with Gasteiger partial charge in [0.1, 0.15) is 12.6 Å². The fourth-order valence-electron chi connectivity index (χ4n) is 5.83. The van der Waals surface area contributed by atoms with Gasteiger partial charge in [-0.05, 0) is 42.3 Å². The summed E-state index contributed by atoms with van der Waals surface area (Å²) in [7, 11) is -3.85. The average molecular weight is 598 g/mol. The fraction of sp³-hybridized carbons (Fsp3) is 0.314. The van der Waals surface area contributed by atoms with Gasteiger partial charge in [-0.1, -0.05) is 109 Å². The van der Waals surface area contributed by atoms with Gasteiger partial charge in [0, 0.05) is 24.4 Å². The topological polar surface area (TPSA) is 86.8 Å². The molecule has 0 unspecified atom stereocenters. The Morgan fingerprint density at radius 2 is 1.49 bits per heavy atom. The molecule has 0 aromatic heterocycles. The summed E-state index contributed by atoms with van der Waals surface area (Å²) in [5.41, 5.74) is 3.30. The summed E-state index contributed by atoms with van der Waals surface area (Å²) in [6.07, 6.45) is 5.38. The molecule has 0 radical (unpaired) electrons. The van der Waals surface area contributed by atoms with Crippen molar-refractivity contribution in [2.75, 3.05) is 17.1 Å². The molecule has 8 heteroatoms. The first-order chi connectivity index (χ1) is 20.7. The normalized spacial score (nSPS) is 14.4. The maximum Gasteiger partial charge on any atom is 0.244 e. The molecular formula is C35H39N3O4S. The molecular weight excluding hydrogens is 558 g/mol. The molecule has 0 aliphatic heterocycles. The van der Waals surface area contributed by atoms with Gasteiger partial charge >= 0.3 is 0 Å². The predicted molar refractivity (Wildman–Crippen MR) is 172 cm³/mol. The molecule has 7 nitrogen and oxygen atoms in total. The molecule has 0 saturated heterocycles. The SMILES string of the molecule is Cc1ccc(CN(C(=O)CN(c2cccc3ccccc23)S(C)(=O)=O)[C@H](Cc2ccccc2)C(=O)NC2CCCC2)cc1. The van der Waals surface area contributed by atoms with Crippen LogP contribution in [-0.4, -0.2) is 50.0 Å². The first-order valence-electron chi connectivity index (χ1n) is 14.8. The van der Waals surface area contributed by atoms with E-state index >= 15 is 0 Å². The Morgan fingerprint density at radius 1 is 0.837 bits per heavy atom. The molecule has 5 rings (SSSR count). The van der Waals surface area contributed by atoms with Gasteiger partial charge in [-0.25, -0.2) is 8.42 Å². The first-order valence-corrected chi connectivity index (χ1v) is 16.7. The number of fused-ring (bicyclic) bond motifs is 1. The van der Waals surface area contributed by atoms with E-state index in [1.807, 2.05) is 91.9 Å². The number of benzene rings is 4. The van der Waals surface area contributed by atoms with Gasteiger partial charge in [0.25, 0.3) is 0 Å². The Morgan fingerprint density at radius 3 is 2.19 bits per heavy atom. The monoisotopic (exact) mass is 597 g/mol. The Bertz CT molecular complexity index is 1660. The van der Waals surface area contributed by atoms with Crippen LogP contribution >= 0.6 is 0 Å². The van der Waals surface area contributed by atoms with Crippen molar-refractivity contribution in [3.63, 3.8) is 0 Å². The number of rotatable bonds is 11. The Kier molecular flexibility index (Phi) is 9.46. The third-order valence-corrected chi connectivity index (χ3v) is 9.29. The van der Waals surface area contributed by atoms with Crippen LogP contribution in [-0.2, 0) is 32.6 Å². The van der Waals surface area contributed by atoms with E-state index in [2.05, 4.69) is 5.32 Å². The van der Waals surface area contributed by atoms with Crippen molar-refractivity contribution >= 4 is 38.3 Å². The largest absolute Gasteiger partial charge is 0.352 e. The first kappa shape index (κ1) is 30.3. The van der Waals surface area contributed by atoms with Crippen molar-refractivity contribution < 1.29 is 18.0 Å². The van der Waals surface area contributed by atoms with Gasteiger partial charge in [0.15, 0.2) is 0 Å². The number of carbonyl (C=O) groups is 2. The maximum absolute atomic E-state index is 14.4. The molecule has 1 aliphatic rings. The summed E-state index contributed by atoms with van der Waals surface area (Å²) in [6.45, 7) is 1.73. The highest BCUT2D eigenvalue weighted by Crippen LogP contribution is 2.29. The highest BCUT2D eigenvalue weighted by molar-refractivity contribution is 7.92. The lowest BCUT2D eigenvalue weighted by Gasteiger charge is -2.34. The Hall–Kier alpha value is -4.17. The summed E-state index contributed by atoms with van der Waals surface area (Å²) < 4.78 is 27.6. The van der Waals surface area contributed by atoms with Crippen LogP contribution in [0.15, 0.2) is 97.1 Å². The smallest absolute Gasteiger partial charge is 0.244 e. The van der Waals surface area contributed by atoms with E-state index in [9.17, 15) is 18.0 Å². The molecule has 0 bridgehead atoms. The Labute approximate surface area is 254 Å². The van der Waals surface area contributed by atoms with Crippen LogP contribution in [0.3, 0.4) is 0 Å². The highest BCUT2D eigenvalue weighted by atomic mass is 32.2. The number of hydrogen-bond acceptors (Lipinski definition) is 4. The van der Waals surface area contributed by atoms with Crippen LogP contribution in [0.25, 0.3) is 10.8 Å². The minimum atomic E-state index is -3.85. The second-order valence-electron chi connectivity index (χ2n) is 11.5. The van der Waals surface area contributed by atoms with Gasteiger partial charge < -0.3 is 10.2 Å². The number of nitrogens with one attached hydrogen (secondary N) is 1. The summed E-state index contributed by atoms with van der Waals surface area (Å²) >= 11 is 0. The maximum atomic E-state index is 14.4. The number of amides is 2. The van der Waals surface area contributed by atoms with Crippen molar-refractivity contribution in [3.8, 4) is 0 Å². The van der Waals surface area contributed by atoms with E-state index in [1.165, 1.54) is 0 Å². The number of carbonyl (C=O) groups excluding carboxylic acids is 2. The second-order valence-corrected chi connectivity index (χ2v) is 13.4. The summed E-state index contributed by atoms with van der Waals surface area (Å²) in [5, 5.41) is 4.80. The van der Waals surface area contributed by atoms with E-state index in [0.29, 0.717) is 12.1 Å². The molecule has 1 saturated carbocycles. The summed E-state index contributed by atoms with van der Waals surface area (Å²) in [5.74, 6) is -0.659. The van der Waals surface area contributed by atoms with E-state index in [-0.39, 0.29) is 18.5 Å². The molecule has 1 fully saturated rings. The van der Waals surface area contributed by atoms with Gasteiger partial charge in [-0.15, -0.1) is 0 Å². The number of nitrogens with zero attached hydrogens (tertiary/aromatic N) is 2. The van der Waals surface area contributed by atoms with Gasteiger partial charge in [0.05, 0.1) is 11.9 Å². The molecule has 1 aliphatic carbocycles. The zero-order valence-electron chi connectivity index (χ0n) is 24.8. The van der Waals surface area contributed by atoms with Crippen LogP contribution in [0.5, 0.6) is 0 Å². The molecule has 1 atom stereocenters. The molecule has 224 valence electrons. The van der Waals surface area contributed by atoms with Crippen LogP contribution in [0.1, 0.15) is 42.4 Å². The van der Waals surface area contributed by atoms with Gasteiger partial charge in [-0.3, -0.25) is 13.9 Å². The Balaban J connectivity index is 1.54. The third-order valence-electron chi connectivity index (χ3n) is 8.16. The van der Waals surface area contributed by atoms with E-state index in [4.69, 9.17) is 0 Å². The number of sulfonamides is 1. The van der Waals surface area contributed by atoms with Gasteiger partial charge in [-0.2, -0.15) is 0 Å². The van der Waals surface area contributed by atoms with Crippen molar-refractivity contribution in [2.45, 2.75) is 57.7 Å². The third kappa shape index (κ3) is 7.62. The number of anilines is 1. The van der Waals surface area contributed by atoms with Crippen LogP contribution < -0.4 is 9.62 Å². The van der Waals surface area contributed by atoms with E-state index in [0.717, 1.165) is 63.7 Å². The molecule has 0 spiro atoms. The lowest BCUT2D eigenvalue weighted by Crippen LogP contribution is -2.54. The van der Waals surface area contributed by atoms with Crippen LogP contribution in [0.4, 0.5) is 5.69 Å². The summed E-state index contributed by atoms with van der Waals surface area (Å²) in [6, 6.07) is 29.7. The predicted octanol–water partition coefficient (Wildman–Crippen LogP) is 5.61. The van der Waals surface area contributed by atoms with E-state index in [1.54, 1.807) is 17.0 Å². The van der Waals surface area contributed by atoms with Crippen molar-refractivity contribution in [1.29, 1.82) is 0 Å². The zero-order chi connectivity index (χ0) is 30.4. The molecule has 4 aromatic rings. The zero-order valence-corrected chi connectivity index (χ0v) is 25.6. The molecule has 1 N–H and O–H groups in total. The van der Waals surface area contributed by atoms with Crippen LogP contribution in [0, 0.1) is 6.92 Å². The van der Waals surface area contributed by atoms with Crippen molar-refractivity contribution in [2.24, 2.45) is 0 Å².